The number of nitrogens with zero attached hydrogens (tertiary/aromatic N) is 1. The molecule has 0 unspecified atom stereocenters. The van der Waals surface area contributed by atoms with E-state index in [1.807, 2.05) is 0 Å². The van der Waals surface area contributed by atoms with Gasteiger partial charge in [0.1, 0.15) is 5.15 Å². The predicted molar refractivity (Wildman–Crippen MR) is 48.3 cm³/mol. The molecule has 0 aliphatic carbocycles. The second kappa shape index (κ2) is 3.93. The summed E-state index contributed by atoms with van der Waals surface area (Å²) in [6.07, 6.45) is 3.76. The third kappa shape index (κ3) is 2.35. The Hall–Kier alpha value is -0.270. The quantitative estimate of drug-likeness (QED) is 0.651. The molecule has 1 aromatic rings. The van der Waals surface area contributed by atoms with E-state index < -0.39 is 0 Å². The molecule has 0 bridgehead atoms. The third-order valence-electron chi connectivity index (χ3n) is 1.42. The Morgan fingerprint density at radius 3 is 2.73 bits per heavy atom. The molecule has 1 aromatic heterocycles. The molecule has 0 saturated carbocycles. The molecular formula is C8H9Cl2N. The molecule has 60 valence electrons. The van der Waals surface area contributed by atoms with Crippen LogP contribution in [0.4, 0.5) is 0 Å². The smallest absolute Gasteiger partial charge is 0.130 e. The van der Waals surface area contributed by atoms with Crippen molar-refractivity contribution in [2.24, 2.45) is 0 Å². The number of rotatable bonds is 2. The number of hydrogen-bond acceptors (Lipinski definition) is 1. The van der Waals surface area contributed by atoms with Gasteiger partial charge in [0.05, 0.1) is 0 Å². The minimum Gasteiger partial charge on any atom is -0.244 e. The lowest BCUT2D eigenvalue weighted by atomic mass is 10.2. The van der Waals surface area contributed by atoms with Gasteiger partial charge in [0, 0.05) is 11.2 Å². The van der Waals surface area contributed by atoms with Crippen LogP contribution in [0.1, 0.15) is 18.9 Å². The number of hydrogen-bond donors (Lipinski definition) is 0. The van der Waals surface area contributed by atoms with E-state index >= 15 is 0 Å². The lowest BCUT2D eigenvalue weighted by Crippen LogP contribution is -1.86. The van der Waals surface area contributed by atoms with E-state index in [1.54, 1.807) is 12.3 Å². The van der Waals surface area contributed by atoms with Gasteiger partial charge in [-0.3, -0.25) is 0 Å². The van der Waals surface area contributed by atoms with Crippen LogP contribution in [0.15, 0.2) is 12.3 Å². The van der Waals surface area contributed by atoms with Gasteiger partial charge in [-0.05, 0) is 18.1 Å². The number of halogens is 2. The summed E-state index contributed by atoms with van der Waals surface area (Å²) in [5.74, 6) is 0. The average Bonchev–Trinajstić information content (AvgIpc) is 1.95. The van der Waals surface area contributed by atoms with Crippen LogP contribution in [-0.2, 0) is 6.42 Å². The second-order valence-corrected chi connectivity index (χ2v) is 3.14. The Labute approximate surface area is 76.4 Å². The highest BCUT2D eigenvalue weighted by Crippen LogP contribution is 2.19. The van der Waals surface area contributed by atoms with Crippen molar-refractivity contribution >= 4 is 23.2 Å². The molecule has 1 rings (SSSR count). The van der Waals surface area contributed by atoms with Crippen molar-refractivity contribution in [2.45, 2.75) is 19.8 Å². The topological polar surface area (TPSA) is 12.9 Å². The number of aryl methyl sites for hydroxylation is 1. The second-order valence-electron chi connectivity index (χ2n) is 2.35. The first-order valence-electron chi connectivity index (χ1n) is 3.54. The zero-order valence-corrected chi connectivity index (χ0v) is 7.78. The van der Waals surface area contributed by atoms with Crippen LogP contribution < -0.4 is 0 Å². The van der Waals surface area contributed by atoms with E-state index in [-0.39, 0.29) is 0 Å². The van der Waals surface area contributed by atoms with Crippen molar-refractivity contribution in [3.63, 3.8) is 0 Å². The van der Waals surface area contributed by atoms with Crippen molar-refractivity contribution in [1.82, 2.24) is 4.98 Å². The van der Waals surface area contributed by atoms with Crippen LogP contribution in [0.25, 0.3) is 0 Å². The molecule has 0 atom stereocenters. The molecule has 0 spiro atoms. The fraction of sp³-hybridized carbons (Fsp3) is 0.375. The van der Waals surface area contributed by atoms with Gasteiger partial charge in [0.15, 0.2) is 0 Å². The summed E-state index contributed by atoms with van der Waals surface area (Å²) in [5.41, 5.74) is 1.07. The summed E-state index contributed by atoms with van der Waals surface area (Å²) in [5, 5.41) is 1.17. The molecule has 0 amide bonds. The summed E-state index contributed by atoms with van der Waals surface area (Å²) in [4.78, 5) is 3.94. The normalized spacial score (nSPS) is 10.1. The molecular weight excluding hydrogens is 181 g/mol. The lowest BCUT2D eigenvalue weighted by molar-refractivity contribution is 0.914. The van der Waals surface area contributed by atoms with Gasteiger partial charge >= 0.3 is 0 Å². The summed E-state index contributed by atoms with van der Waals surface area (Å²) in [6.45, 7) is 2.10. The van der Waals surface area contributed by atoms with E-state index in [2.05, 4.69) is 11.9 Å². The van der Waals surface area contributed by atoms with Crippen molar-refractivity contribution in [1.29, 1.82) is 0 Å². The molecule has 0 saturated heterocycles. The Morgan fingerprint density at radius 1 is 1.45 bits per heavy atom. The lowest BCUT2D eigenvalue weighted by Gasteiger charge is -2.00. The molecule has 0 aromatic carbocycles. The minimum absolute atomic E-state index is 0.454. The monoisotopic (exact) mass is 189 g/mol. The van der Waals surface area contributed by atoms with E-state index in [4.69, 9.17) is 23.2 Å². The Balaban J connectivity index is 2.90. The molecule has 1 nitrogen and oxygen atoms in total. The first-order valence-corrected chi connectivity index (χ1v) is 4.29. The molecule has 0 aliphatic heterocycles. The van der Waals surface area contributed by atoms with Gasteiger partial charge in [0.2, 0.25) is 0 Å². The fourth-order valence-corrected chi connectivity index (χ4v) is 1.35. The number of aromatic nitrogens is 1. The van der Waals surface area contributed by atoms with Crippen LogP contribution in [-0.4, -0.2) is 4.98 Å². The Bertz CT molecular complexity index is 248. The fourth-order valence-electron chi connectivity index (χ4n) is 0.889. The van der Waals surface area contributed by atoms with Gasteiger partial charge in [0.25, 0.3) is 0 Å². The van der Waals surface area contributed by atoms with Crippen molar-refractivity contribution in [2.75, 3.05) is 0 Å². The summed E-state index contributed by atoms with van der Waals surface area (Å²) >= 11 is 11.5. The Morgan fingerprint density at radius 2 is 2.18 bits per heavy atom. The molecule has 3 heteroatoms. The first kappa shape index (κ1) is 8.82. The summed E-state index contributed by atoms with van der Waals surface area (Å²) in [6, 6.07) is 1.67. The maximum Gasteiger partial charge on any atom is 0.130 e. The van der Waals surface area contributed by atoms with Crippen LogP contribution in [0, 0.1) is 0 Å². The standard InChI is InChI=1S/C8H9Cl2N/c1-2-3-6-5-11-8(10)4-7(6)9/h4-5H,2-3H2,1H3. The van der Waals surface area contributed by atoms with Gasteiger partial charge in [-0.15, -0.1) is 0 Å². The highest BCUT2D eigenvalue weighted by atomic mass is 35.5. The average molecular weight is 190 g/mol. The largest absolute Gasteiger partial charge is 0.244 e. The molecule has 11 heavy (non-hydrogen) atoms. The summed E-state index contributed by atoms with van der Waals surface area (Å²) < 4.78 is 0. The van der Waals surface area contributed by atoms with Crippen LogP contribution in [0.5, 0.6) is 0 Å². The van der Waals surface area contributed by atoms with Gasteiger partial charge in [-0.1, -0.05) is 36.5 Å². The van der Waals surface area contributed by atoms with Crippen molar-refractivity contribution in [3.8, 4) is 0 Å². The van der Waals surface area contributed by atoms with Crippen LogP contribution in [0.2, 0.25) is 10.2 Å². The van der Waals surface area contributed by atoms with Gasteiger partial charge < -0.3 is 0 Å². The molecule has 0 aliphatic rings. The molecule has 0 radical (unpaired) electrons. The Kier molecular flexibility index (Phi) is 3.16. The van der Waals surface area contributed by atoms with Crippen LogP contribution >= 0.6 is 23.2 Å². The first-order chi connectivity index (χ1) is 5.24. The SMILES string of the molecule is CCCc1cnc(Cl)cc1Cl. The van der Waals surface area contributed by atoms with E-state index in [0.29, 0.717) is 10.2 Å². The predicted octanol–water partition coefficient (Wildman–Crippen LogP) is 3.34. The highest BCUT2D eigenvalue weighted by Gasteiger charge is 1.99. The van der Waals surface area contributed by atoms with Crippen molar-refractivity contribution in [3.05, 3.63) is 28.0 Å². The van der Waals surface area contributed by atoms with Crippen LogP contribution in [0.3, 0.4) is 0 Å². The minimum atomic E-state index is 0.454. The van der Waals surface area contributed by atoms with E-state index in [9.17, 15) is 0 Å². The van der Waals surface area contributed by atoms with Crippen molar-refractivity contribution < 1.29 is 0 Å². The van der Waals surface area contributed by atoms with E-state index in [0.717, 1.165) is 18.4 Å². The zero-order valence-electron chi connectivity index (χ0n) is 6.27. The van der Waals surface area contributed by atoms with E-state index in [1.165, 1.54) is 0 Å². The maximum absolute atomic E-state index is 5.88. The number of pyridine rings is 1. The zero-order chi connectivity index (χ0) is 8.27. The van der Waals surface area contributed by atoms with Gasteiger partial charge in [-0.25, -0.2) is 4.98 Å². The molecule has 0 fully saturated rings. The summed E-state index contributed by atoms with van der Waals surface area (Å²) in [7, 11) is 0. The molecule has 0 N–H and O–H groups in total. The highest BCUT2D eigenvalue weighted by molar-refractivity contribution is 6.34. The van der Waals surface area contributed by atoms with Gasteiger partial charge in [-0.2, -0.15) is 0 Å². The maximum atomic E-state index is 5.88. The third-order valence-corrected chi connectivity index (χ3v) is 1.97. The molecule has 1 heterocycles.